The number of halogens is 1. The largest absolute Gasteiger partial charge is 0.397 e. The van der Waals surface area contributed by atoms with Crippen molar-refractivity contribution < 1.29 is 5.11 Å². The van der Waals surface area contributed by atoms with Crippen LogP contribution in [0.15, 0.2) is 22.7 Å². The van der Waals surface area contributed by atoms with Gasteiger partial charge < -0.3 is 15.7 Å². The minimum atomic E-state index is -0.529. The Morgan fingerprint density at radius 3 is 2.82 bits per heavy atom. The predicted octanol–water partition coefficient (Wildman–Crippen LogP) is 2.77. The van der Waals surface area contributed by atoms with E-state index in [1.807, 2.05) is 25.1 Å². The molecule has 1 heterocycles. The van der Waals surface area contributed by atoms with E-state index in [0.717, 1.165) is 48.2 Å². The zero-order valence-electron chi connectivity index (χ0n) is 10.1. The van der Waals surface area contributed by atoms with Gasteiger partial charge >= 0.3 is 0 Å². The highest BCUT2D eigenvalue weighted by Gasteiger charge is 2.25. The summed E-state index contributed by atoms with van der Waals surface area (Å²) in [6, 6.07) is 5.98. The molecule has 3 nitrogen and oxygen atoms in total. The normalized spacial score (nSPS) is 25.7. The van der Waals surface area contributed by atoms with Gasteiger partial charge in [-0.1, -0.05) is 15.9 Å². The maximum atomic E-state index is 10.1. The maximum Gasteiger partial charge on any atom is 0.0637 e. The van der Waals surface area contributed by atoms with Crippen molar-refractivity contribution in [1.29, 1.82) is 0 Å². The maximum absolute atomic E-state index is 10.1. The van der Waals surface area contributed by atoms with E-state index >= 15 is 0 Å². The van der Waals surface area contributed by atoms with Gasteiger partial charge in [0.25, 0.3) is 0 Å². The first kappa shape index (κ1) is 12.7. The molecule has 1 fully saturated rings. The molecule has 1 aliphatic heterocycles. The lowest BCUT2D eigenvalue weighted by atomic mass is 9.98. The van der Waals surface area contributed by atoms with Gasteiger partial charge in [-0.05, 0) is 44.4 Å². The summed E-state index contributed by atoms with van der Waals surface area (Å²) in [5.41, 5.74) is 7.38. The molecule has 0 saturated carbocycles. The Bertz CT molecular complexity index is 406. The number of benzene rings is 1. The molecule has 0 spiro atoms. The van der Waals surface area contributed by atoms with Crippen LogP contribution in [0.5, 0.6) is 0 Å². The van der Waals surface area contributed by atoms with E-state index in [1.54, 1.807) is 0 Å². The van der Waals surface area contributed by atoms with E-state index in [1.165, 1.54) is 0 Å². The Labute approximate surface area is 111 Å². The van der Waals surface area contributed by atoms with E-state index < -0.39 is 5.60 Å². The van der Waals surface area contributed by atoms with Crippen molar-refractivity contribution in [2.24, 2.45) is 0 Å². The average molecular weight is 299 g/mol. The number of nitrogens with zero attached hydrogens (tertiary/aromatic N) is 1. The molecule has 4 heteroatoms. The van der Waals surface area contributed by atoms with Crippen molar-refractivity contribution in [2.75, 3.05) is 23.7 Å². The first-order valence-electron chi connectivity index (χ1n) is 6.00. The monoisotopic (exact) mass is 298 g/mol. The summed E-state index contributed by atoms with van der Waals surface area (Å²) < 4.78 is 1.00. The van der Waals surface area contributed by atoms with Crippen LogP contribution in [-0.4, -0.2) is 23.8 Å². The molecular formula is C13H19BrN2O. The summed E-state index contributed by atoms with van der Waals surface area (Å²) >= 11 is 3.42. The van der Waals surface area contributed by atoms with Crippen LogP contribution in [-0.2, 0) is 0 Å². The van der Waals surface area contributed by atoms with Gasteiger partial charge in [-0.25, -0.2) is 0 Å². The molecule has 0 amide bonds. The molecule has 2 rings (SSSR count). The predicted molar refractivity (Wildman–Crippen MR) is 75.2 cm³/mol. The molecule has 1 aromatic carbocycles. The third kappa shape index (κ3) is 3.13. The first-order chi connectivity index (χ1) is 7.98. The Hall–Kier alpha value is -0.740. The van der Waals surface area contributed by atoms with Gasteiger partial charge in [-0.3, -0.25) is 0 Å². The number of nitrogen functional groups attached to an aromatic ring is 1. The van der Waals surface area contributed by atoms with E-state index in [0.29, 0.717) is 0 Å². The van der Waals surface area contributed by atoms with E-state index in [-0.39, 0.29) is 0 Å². The number of anilines is 2. The van der Waals surface area contributed by atoms with Crippen molar-refractivity contribution in [2.45, 2.75) is 31.8 Å². The van der Waals surface area contributed by atoms with Crippen molar-refractivity contribution in [3.05, 3.63) is 22.7 Å². The number of hydrogen-bond acceptors (Lipinski definition) is 3. The Kier molecular flexibility index (Phi) is 3.64. The summed E-state index contributed by atoms with van der Waals surface area (Å²) in [7, 11) is 0. The highest BCUT2D eigenvalue weighted by Crippen LogP contribution is 2.30. The molecule has 1 aliphatic rings. The quantitative estimate of drug-likeness (QED) is 0.784. The molecule has 17 heavy (non-hydrogen) atoms. The van der Waals surface area contributed by atoms with Crippen LogP contribution in [0.1, 0.15) is 26.2 Å². The molecule has 0 aliphatic carbocycles. The lowest BCUT2D eigenvalue weighted by molar-refractivity contribution is 0.0481. The molecule has 1 atom stereocenters. The zero-order chi connectivity index (χ0) is 12.5. The fourth-order valence-corrected chi connectivity index (χ4v) is 2.70. The molecular weight excluding hydrogens is 280 g/mol. The summed E-state index contributed by atoms with van der Waals surface area (Å²) in [4.78, 5) is 2.27. The molecule has 0 bridgehead atoms. The van der Waals surface area contributed by atoms with Gasteiger partial charge in [0.1, 0.15) is 0 Å². The zero-order valence-corrected chi connectivity index (χ0v) is 11.7. The molecule has 0 aromatic heterocycles. The molecule has 3 N–H and O–H groups in total. The van der Waals surface area contributed by atoms with Crippen LogP contribution in [0.25, 0.3) is 0 Å². The summed E-state index contributed by atoms with van der Waals surface area (Å²) in [6.07, 6.45) is 2.66. The van der Waals surface area contributed by atoms with E-state index in [2.05, 4.69) is 20.8 Å². The highest BCUT2D eigenvalue weighted by atomic mass is 79.9. The smallest absolute Gasteiger partial charge is 0.0637 e. The van der Waals surface area contributed by atoms with Gasteiger partial charge in [0, 0.05) is 17.6 Å². The molecule has 1 unspecified atom stereocenters. The number of rotatable bonds is 1. The fourth-order valence-electron chi connectivity index (χ4n) is 2.32. The number of aliphatic hydroxyl groups is 1. The molecule has 1 saturated heterocycles. The minimum absolute atomic E-state index is 0.529. The van der Waals surface area contributed by atoms with Crippen LogP contribution < -0.4 is 10.6 Å². The Morgan fingerprint density at radius 2 is 2.12 bits per heavy atom. The third-order valence-electron chi connectivity index (χ3n) is 3.39. The topological polar surface area (TPSA) is 49.5 Å². The second-order valence-corrected chi connectivity index (χ2v) is 5.96. The van der Waals surface area contributed by atoms with Crippen LogP contribution in [0, 0.1) is 0 Å². The third-order valence-corrected chi connectivity index (χ3v) is 3.89. The van der Waals surface area contributed by atoms with Crippen LogP contribution in [0.3, 0.4) is 0 Å². The van der Waals surface area contributed by atoms with Gasteiger partial charge in [-0.2, -0.15) is 0 Å². The summed E-state index contributed by atoms with van der Waals surface area (Å²) in [6.45, 7) is 3.74. The summed E-state index contributed by atoms with van der Waals surface area (Å²) in [5, 5.41) is 10.1. The second-order valence-electron chi connectivity index (χ2n) is 5.04. The number of hydrogen-bond donors (Lipinski definition) is 2. The highest BCUT2D eigenvalue weighted by molar-refractivity contribution is 9.10. The SMILES string of the molecule is CC1(O)CCCN(c2ccc(Br)cc2N)CC1. The molecule has 0 radical (unpaired) electrons. The van der Waals surface area contributed by atoms with Gasteiger partial charge in [0.05, 0.1) is 17.0 Å². The summed E-state index contributed by atoms with van der Waals surface area (Å²) in [5.74, 6) is 0. The second kappa shape index (κ2) is 4.86. The van der Waals surface area contributed by atoms with Gasteiger partial charge in [-0.15, -0.1) is 0 Å². The van der Waals surface area contributed by atoms with Crippen LogP contribution >= 0.6 is 15.9 Å². The standard InChI is InChI=1S/C13H19BrN2O/c1-13(17)5-2-7-16(8-6-13)12-4-3-10(14)9-11(12)15/h3-4,9,17H,2,5-8,15H2,1H3. The lowest BCUT2D eigenvalue weighted by Crippen LogP contribution is -2.28. The molecule has 94 valence electrons. The number of nitrogens with two attached hydrogens (primary N) is 1. The minimum Gasteiger partial charge on any atom is -0.397 e. The molecule has 1 aromatic rings. The van der Waals surface area contributed by atoms with Crippen molar-refractivity contribution in [1.82, 2.24) is 0 Å². The van der Waals surface area contributed by atoms with Gasteiger partial charge in [0.2, 0.25) is 0 Å². The van der Waals surface area contributed by atoms with E-state index in [9.17, 15) is 5.11 Å². The van der Waals surface area contributed by atoms with Crippen molar-refractivity contribution in [3.63, 3.8) is 0 Å². The van der Waals surface area contributed by atoms with Crippen molar-refractivity contribution in [3.8, 4) is 0 Å². The Morgan fingerprint density at radius 1 is 1.35 bits per heavy atom. The fraction of sp³-hybridized carbons (Fsp3) is 0.538. The van der Waals surface area contributed by atoms with Crippen LogP contribution in [0.2, 0.25) is 0 Å². The first-order valence-corrected chi connectivity index (χ1v) is 6.80. The van der Waals surface area contributed by atoms with Crippen molar-refractivity contribution >= 4 is 27.3 Å². The van der Waals surface area contributed by atoms with Gasteiger partial charge in [0.15, 0.2) is 0 Å². The average Bonchev–Trinajstić information content (AvgIpc) is 2.40. The van der Waals surface area contributed by atoms with E-state index in [4.69, 9.17) is 5.73 Å². The Balaban J connectivity index is 2.17. The lowest BCUT2D eigenvalue weighted by Gasteiger charge is -2.25. The van der Waals surface area contributed by atoms with Crippen LogP contribution in [0.4, 0.5) is 11.4 Å².